The van der Waals surface area contributed by atoms with Gasteiger partial charge in [-0.2, -0.15) is 0 Å². The van der Waals surface area contributed by atoms with Crippen molar-refractivity contribution in [3.8, 4) is 22.3 Å². The molecule has 0 unspecified atom stereocenters. The highest BCUT2D eigenvalue weighted by molar-refractivity contribution is 6.28. The van der Waals surface area contributed by atoms with E-state index in [9.17, 15) is 0 Å². The molecule has 7 aromatic carbocycles. The Hall–Kier alpha value is -4.88. The van der Waals surface area contributed by atoms with Crippen LogP contribution in [0.4, 0.5) is 0 Å². The van der Waals surface area contributed by atoms with E-state index in [0.717, 1.165) is 11.2 Å². The number of hydrogen-bond acceptors (Lipinski definition) is 1. The fraction of sp³-hybridized carbons (Fsp3) is 0.100. The van der Waals surface area contributed by atoms with Crippen LogP contribution in [0.25, 0.3) is 76.5 Å². The van der Waals surface area contributed by atoms with Gasteiger partial charge in [0.15, 0.2) is 0 Å². The number of furan rings is 1. The molecule has 0 saturated carbocycles. The maximum atomic E-state index is 6.50. The van der Waals surface area contributed by atoms with E-state index < -0.39 is 0 Å². The van der Waals surface area contributed by atoms with Crippen LogP contribution >= 0.6 is 0 Å². The van der Waals surface area contributed by atoms with Gasteiger partial charge in [-0.25, -0.2) is 0 Å². The number of rotatable bonds is 2. The van der Waals surface area contributed by atoms with Gasteiger partial charge in [0.05, 0.1) is 0 Å². The third-order valence-electron chi connectivity index (χ3n) is 8.61. The predicted octanol–water partition coefficient (Wildman–Crippen LogP) is 11.7. The average Bonchev–Trinajstić information content (AvgIpc) is 3.39. The lowest BCUT2D eigenvalue weighted by atomic mass is 9.81. The Bertz CT molecular complexity index is 2280. The summed E-state index contributed by atoms with van der Waals surface area (Å²) in [5, 5.41) is 9.88. The fourth-order valence-corrected chi connectivity index (χ4v) is 6.65. The van der Waals surface area contributed by atoms with Crippen molar-refractivity contribution in [1.82, 2.24) is 0 Å². The van der Waals surface area contributed by atoms with Gasteiger partial charge < -0.3 is 4.42 Å². The summed E-state index contributed by atoms with van der Waals surface area (Å²) >= 11 is 0. The summed E-state index contributed by atoms with van der Waals surface area (Å²) in [7, 11) is 0. The molecule has 8 rings (SSSR count). The Kier molecular flexibility index (Phi) is 5.15. The van der Waals surface area contributed by atoms with Crippen molar-refractivity contribution < 1.29 is 4.42 Å². The summed E-state index contributed by atoms with van der Waals surface area (Å²) in [4.78, 5) is 0. The van der Waals surface area contributed by atoms with E-state index in [4.69, 9.17) is 4.42 Å². The first-order valence-corrected chi connectivity index (χ1v) is 14.4. The Morgan fingerprint density at radius 1 is 0.463 bits per heavy atom. The van der Waals surface area contributed by atoms with Gasteiger partial charge in [-0.1, -0.05) is 130 Å². The van der Waals surface area contributed by atoms with Crippen molar-refractivity contribution in [2.75, 3.05) is 0 Å². The van der Waals surface area contributed by atoms with Gasteiger partial charge in [0.1, 0.15) is 11.2 Å². The molecule has 196 valence electrons. The smallest absolute Gasteiger partial charge is 0.136 e. The summed E-state index contributed by atoms with van der Waals surface area (Å²) < 4.78 is 6.50. The van der Waals surface area contributed by atoms with Crippen LogP contribution in [-0.2, 0) is 5.41 Å². The molecule has 0 spiro atoms. The molecule has 1 nitrogen and oxygen atoms in total. The Balaban J connectivity index is 1.60. The molecule has 0 saturated heterocycles. The van der Waals surface area contributed by atoms with Crippen LogP contribution in [0, 0.1) is 0 Å². The van der Waals surface area contributed by atoms with Gasteiger partial charge in [-0.05, 0) is 83.7 Å². The molecule has 0 aliphatic heterocycles. The fourth-order valence-electron chi connectivity index (χ4n) is 6.65. The zero-order valence-corrected chi connectivity index (χ0v) is 23.5. The zero-order chi connectivity index (χ0) is 27.7. The lowest BCUT2D eigenvalue weighted by Crippen LogP contribution is -2.10. The molecule has 0 bridgehead atoms. The van der Waals surface area contributed by atoms with E-state index in [1.165, 1.54) is 70.9 Å². The first-order chi connectivity index (χ1) is 20.0. The van der Waals surface area contributed by atoms with Gasteiger partial charge >= 0.3 is 0 Å². The molecule has 8 aromatic rings. The molecule has 0 fully saturated rings. The van der Waals surface area contributed by atoms with Crippen LogP contribution in [0.15, 0.2) is 132 Å². The minimum absolute atomic E-state index is 0.0354. The molecular formula is C40H30O. The topological polar surface area (TPSA) is 13.1 Å². The highest BCUT2D eigenvalue weighted by Gasteiger charge is 2.23. The zero-order valence-electron chi connectivity index (χ0n) is 23.5. The molecule has 0 radical (unpaired) electrons. The van der Waals surface area contributed by atoms with Crippen molar-refractivity contribution in [2.45, 2.75) is 26.2 Å². The van der Waals surface area contributed by atoms with Crippen molar-refractivity contribution in [3.63, 3.8) is 0 Å². The van der Waals surface area contributed by atoms with E-state index in [1.807, 2.05) is 0 Å². The van der Waals surface area contributed by atoms with E-state index in [0.29, 0.717) is 0 Å². The predicted molar refractivity (Wildman–Crippen MR) is 176 cm³/mol. The van der Waals surface area contributed by atoms with Crippen molar-refractivity contribution >= 4 is 54.3 Å². The summed E-state index contributed by atoms with van der Waals surface area (Å²) in [6.45, 7) is 6.88. The third-order valence-corrected chi connectivity index (χ3v) is 8.61. The summed E-state index contributed by atoms with van der Waals surface area (Å²) in [6.07, 6.45) is 0. The first-order valence-electron chi connectivity index (χ1n) is 14.4. The molecule has 0 aliphatic carbocycles. The largest absolute Gasteiger partial charge is 0.456 e. The molecule has 41 heavy (non-hydrogen) atoms. The maximum Gasteiger partial charge on any atom is 0.136 e. The van der Waals surface area contributed by atoms with Crippen LogP contribution < -0.4 is 0 Å². The lowest BCUT2D eigenvalue weighted by Gasteiger charge is -2.23. The second-order valence-corrected chi connectivity index (χ2v) is 12.1. The van der Waals surface area contributed by atoms with Crippen molar-refractivity contribution in [3.05, 3.63) is 133 Å². The summed E-state index contributed by atoms with van der Waals surface area (Å²) in [5.74, 6) is 0. The molecule has 0 N–H and O–H groups in total. The second kappa shape index (κ2) is 8.81. The minimum atomic E-state index is 0.0354. The van der Waals surface area contributed by atoms with E-state index in [-0.39, 0.29) is 5.41 Å². The average molecular weight is 527 g/mol. The molecule has 1 aromatic heterocycles. The van der Waals surface area contributed by atoms with Crippen LogP contribution in [0.1, 0.15) is 26.3 Å². The molecule has 0 aliphatic rings. The van der Waals surface area contributed by atoms with Gasteiger partial charge in [0.2, 0.25) is 0 Å². The van der Waals surface area contributed by atoms with Gasteiger partial charge in [0.25, 0.3) is 0 Å². The highest BCUT2D eigenvalue weighted by atomic mass is 16.3. The van der Waals surface area contributed by atoms with E-state index in [2.05, 4.69) is 148 Å². The summed E-state index contributed by atoms with van der Waals surface area (Å²) in [6, 6.07) is 46.3. The maximum absolute atomic E-state index is 6.50. The SMILES string of the molecule is CC(C)(C)c1ccc2c(-c3cccc4oc5ccc6ccccc6c5c34)c3ccccc3c(-c3ccccc3)c2c1. The van der Waals surface area contributed by atoms with Crippen LogP contribution in [0.2, 0.25) is 0 Å². The van der Waals surface area contributed by atoms with E-state index >= 15 is 0 Å². The standard InChI is InChI=1S/C40H30O/c1-40(2,3)27-21-22-31-33(24-27)36(26-13-5-4-6-14-26)29-16-9-10-17-30(29)37(31)32-18-11-19-34-39(32)38-28-15-8-7-12-25(28)20-23-35(38)41-34/h4-24H,1-3H3. The quantitative estimate of drug-likeness (QED) is 0.204. The van der Waals surface area contributed by atoms with Gasteiger partial charge in [-0.3, -0.25) is 0 Å². The van der Waals surface area contributed by atoms with Crippen LogP contribution in [0.5, 0.6) is 0 Å². The highest BCUT2D eigenvalue weighted by Crippen LogP contribution is 2.48. The minimum Gasteiger partial charge on any atom is -0.456 e. The first kappa shape index (κ1) is 24.0. The molecular weight excluding hydrogens is 496 g/mol. The second-order valence-electron chi connectivity index (χ2n) is 12.1. The normalized spacial score (nSPS) is 12.3. The Morgan fingerprint density at radius 3 is 1.90 bits per heavy atom. The van der Waals surface area contributed by atoms with Crippen LogP contribution in [-0.4, -0.2) is 0 Å². The van der Waals surface area contributed by atoms with Crippen molar-refractivity contribution in [2.24, 2.45) is 0 Å². The number of fused-ring (bicyclic) bond motifs is 7. The van der Waals surface area contributed by atoms with Crippen molar-refractivity contribution in [1.29, 1.82) is 0 Å². The van der Waals surface area contributed by atoms with Crippen LogP contribution in [0.3, 0.4) is 0 Å². The number of hydrogen-bond donors (Lipinski definition) is 0. The number of benzene rings is 7. The summed E-state index contributed by atoms with van der Waals surface area (Å²) in [5.41, 5.74) is 8.22. The molecule has 1 heterocycles. The Morgan fingerprint density at radius 2 is 1.12 bits per heavy atom. The molecule has 0 atom stereocenters. The molecule has 0 amide bonds. The van der Waals surface area contributed by atoms with Gasteiger partial charge in [-0.15, -0.1) is 0 Å². The van der Waals surface area contributed by atoms with E-state index in [1.54, 1.807) is 0 Å². The Labute approximate surface area is 239 Å². The monoisotopic (exact) mass is 526 g/mol. The molecule has 1 heteroatoms. The van der Waals surface area contributed by atoms with Gasteiger partial charge in [0, 0.05) is 10.8 Å². The lowest BCUT2D eigenvalue weighted by molar-refractivity contribution is 0.591. The third kappa shape index (κ3) is 3.62.